The van der Waals surface area contributed by atoms with E-state index < -0.39 is 0 Å². The van der Waals surface area contributed by atoms with Gasteiger partial charge in [-0.1, -0.05) is 6.07 Å². The Hall–Kier alpha value is -1.33. The lowest BCUT2D eigenvalue weighted by molar-refractivity contribution is -0.132. The highest BCUT2D eigenvalue weighted by Crippen LogP contribution is 2.19. The van der Waals surface area contributed by atoms with Crippen LogP contribution in [0.5, 0.6) is 5.75 Å². The van der Waals surface area contributed by atoms with E-state index in [1.165, 1.54) is 13.2 Å². The van der Waals surface area contributed by atoms with E-state index in [1.807, 2.05) is 18.0 Å². The molecular formula is C16H24ClFN2O2. The molecule has 1 amide bonds. The molecule has 1 heterocycles. The molecule has 6 heteroatoms. The zero-order valence-corrected chi connectivity index (χ0v) is 13.9. The van der Waals surface area contributed by atoms with Crippen LogP contribution in [-0.2, 0) is 11.2 Å². The van der Waals surface area contributed by atoms with Crippen LogP contribution < -0.4 is 10.1 Å². The van der Waals surface area contributed by atoms with Gasteiger partial charge in [0.1, 0.15) is 0 Å². The lowest BCUT2D eigenvalue weighted by Gasteiger charge is -2.31. The van der Waals surface area contributed by atoms with E-state index in [0.29, 0.717) is 18.9 Å². The summed E-state index contributed by atoms with van der Waals surface area (Å²) in [7, 11) is 3.40. The Morgan fingerprint density at radius 2 is 2.09 bits per heavy atom. The molecule has 0 aliphatic carbocycles. The van der Waals surface area contributed by atoms with Crippen molar-refractivity contribution >= 4 is 18.3 Å². The molecule has 0 aromatic heterocycles. The topological polar surface area (TPSA) is 41.6 Å². The average molecular weight is 331 g/mol. The maximum Gasteiger partial charge on any atom is 0.222 e. The second-order valence-corrected chi connectivity index (χ2v) is 5.41. The Bertz CT molecular complexity index is 491. The molecule has 1 aliphatic rings. The largest absolute Gasteiger partial charge is 0.494 e. The fourth-order valence-electron chi connectivity index (χ4n) is 2.69. The monoisotopic (exact) mass is 330 g/mol. The molecule has 2 rings (SSSR count). The third-order valence-corrected chi connectivity index (χ3v) is 4.10. The van der Waals surface area contributed by atoms with Crippen molar-refractivity contribution in [2.75, 3.05) is 27.2 Å². The number of benzene rings is 1. The summed E-state index contributed by atoms with van der Waals surface area (Å²) in [5, 5.41) is 3.25. The molecule has 124 valence electrons. The van der Waals surface area contributed by atoms with E-state index in [4.69, 9.17) is 4.74 Å². The summed E-state index contributed by atoms with van der Waals surface area (Å²) < 4.78 is 18.5. The predicted octanol–water partition coefficient (Wildman–Crippen LogP) is 2.40. The zero-order chi connectivity index (χ0) is 15.2. The number of ether oxygens (including phenoxy) is 1. The maximum atomic E-state index is 13.6. The second-order valence-electron chi connectivity index (χ2n) is 5.41. The number of methoxy groups -OCH3 is 1. The number of carbonyl (C=O) groups is 1. The van der Waals surface area contributed by atoms with Gasteiger partial charge in [-0.3, -0.25) is 4.79 Å². The molecule has 1 aromatic carbocycles. The number of halogens is 2. The molecule has 0 atom stereocenters. The molecule has 1 N–H and O–H groups in total. The number of rotatable bonds is 5. The standard InChI is InChI=1S/C16H23FN2O2.ClH/c1-18-13-7-9-19(10-8-13)16(20)6-4-12-3-5-15(21-2)14(17)11-12;/h3,5,11,13,18H,4,6-10H2,1-2H3;1H. The first kappa shape index (κ1) is 18.7. The van der Waals surface area contributed by atoms with Crippen molar-refractivity contribution in [2.24, 2.45) is 0 Å². The number of amides is 1. The molecule has 0 saturated carbocycles. The molecule has 1 aromatic rings. The number of nitrogens with zero attached hydrogens (tertiary/aromatic N) is 1. The zero-order valence-electron chi connectivity index (χ0n) is 13.1. The number of piperidine rings is 1. The highest BCUT2D eigenvalue weighted by Gasteiger charge is 2.21. The molecule has 0 radical (unpaired) electrons. The number of carbonyl (C=O) groups excluding carboxylic acids is 1. The molecule has 4 nitrogen and oxygen atoms in total. The maximum absolute atomic E-state index is 13.6. The van der Waals surface area contributed by atoms with E-state index in [0.717, 1.165) is 31.5 Å². The van der Waals surface area contributed by atoms with E-state index in [9.17, 15) is 9.18 Å². The van der Waals surface area contributed by atoms with Crippen LogP contribution in [0.2, 0.25) is 0 Å². The quantitative estimate of drug-likeness (QED) is 0.901. The lowest BCUT2D eigenvalue weighted by atomic mass is 10.0. The van der Waals surface area contributed by atoms with Crippen molar-refractivity contribution in [1.82, 2.24) is 10.2 Å². The lowest BCUT2D eigenvalue weighted by Crippen LogP contribution is -2.44. The number of likely N-dealkylation sites (tertiary alicyclic amines) is 1. The Morgan fingerprint density at radius 3 is 2.64 bits per heavy atom. The van der Waals surface area contributed by atoms with Crippen molar-refractivity contribution in [3.8, 4) is 5.75 Å². The highest BCUT2D eigenvalue weighted by molar-refractivity contribution is 5.85. The summed E-state index contributed by atoms with van der Waals surface area (Å²) in [6, 6.07) is 5.37. The summed E-state index contributed by atoms with van der Waals surface area (Å²) in [6.07, 6.45) is 2.99. The smallest absolute Gasteiger partial charge is 0.222 e. The van der Waals surface area contributed by atoms with Gasteiger partial charge in [0.2, 0.25) is 5.91 Å². The van der Waals surface area contributed by atoms with Crippen molar-refractivity contribution in [3.63, 3.8) is 0 Å². The van der Waals surface area contributed by atoms with Gasteiger partial charge in [0, 0.05) is 25.6 Å². The van der Waals surface area contributed by atoms with Crippen molar-refractivity contribution in [3.05, 3.63) is 29.6 Å². The minimum Gasteiger partial charge on any atom is -0.494 e. The van der Waals surface area contributed by atoms with Gasteiger partial charge in [0.15, 0.2) is 11.6 Å². The van der Waals surface area contributed by atoms with Crippen LogP contribution in [0.1, 0.15) is 24.8 Å². The Balaban J connectivity index is 0.00000242. The molecule has 0 bridgehead atoms. The Labute approximate surface area is 137 Å². The molecule has 1 saturated heterocycles. The van der Waals surface area contributed by atoms with E-state index in [1.54, 1.807) is 6.07 Å². The van der Waals surface area contributed by atoms with Gasteiger partial charge < -0.3 is 15.0 Å². The van der Waals surface area contributed by atoms with Crippen molar-refractivity contribution in [1.29, 1.82) is 0 Å². The first-order valence-electron chi connectivity index (χ1n) is 7.41. The number of nitrogens with one attached hydrogen (secondary N) is 1. The van der Waals surface area contributed by atoms with Gasteiger partial charge in [-0.25, -0.2) is 4.39 Å². The second kappa shape index (κ2) is 8.96. The summed E-state index contributed by atoms with van der Waals surface area (Å²) in [6.45, 7) is 1.61. The van der Waals surface area contributed by atoms with Gasteiger partial charge in [0.05, 0.1) is 7.11 Å². The third kappa shape index (κ3) is 4.85. The van der Waals surface area contributed by atoms with Crippen LogP contribution in [0.4, 0.5) is 4.39 Å². The van der Waals surface area contributed by atoms with Crippen LogP contribution in [-0.4, -0.2) is 44.1 Å². The first-order chi connectivity index (χ1) is 10.1. The SMILES string of the molecule is CNC1CCN(C(=O)CCc2ccc(OC)c(F)c2)CC1.Cl. The van der Waals surface area contributed by atoms with E-state index in [2.05, 4.69) is 5.32 Å². The normalized spacial score (nSPS) is 15.3. The van der Waals surface area contributed by atoms with Crippen LogP contribution in [0.25, 0.3) is 0 Å². The summed E-state index contributed by atoms with van der Waals surface area (Å²) in [4.78, 5) is 14.1. The molecule has 0 spiro atoms. The highest BCUT2D eigenvalue weighted by atomic mass is 35.5. The first-order valence-corrected chi connectivity index (χ1v) is 7.41. The van der Waals surface area contributed by atoms with Gasteiger partial charge >= 0.3 is 0 Å². The van der Waals surface area contributed by atoms with Crippen LogP contribution in [0.3, 0.4) is 0 Å². The predicted molar refractivity (Wildman–Crippen MR) is 87.2 cm³/mol. The molecule has 0 unspecified atom stereocenters. The molecular weight excluding hydrogens is 307 g/mol. The van der Waals surface area contributed by atoms with E-state index >= 15 is 0 Å². The summed E-state index contributed by atoms with van der Waals surface area (Å²) >= 11 is 0. The average Bonchev–Trinajstić information content (AvgIpc) is 2.52. The van der Waals surface area contributed by atoms with Gasteiger partial charge in [-0.2, -0.15) is 0 Å². The molecule has 1 fully saturated rings. The number of aryl methyl sites for hydroxylation is 1. The van der Waals surface area contributed by atoms with E-state index in [-0.39, 0.29) is 29.9 Å². The number of hydrogen-bond acceptors (Lipinski definition) is 3. The molecule has 22 heavy (non-hydrogen) atoms. The summed E-state index contributed by atoms with van der Waals surface area (Å²) in [5.41, 5.74) is 0.826. The number of hydrogen-bond donors (Lipinski definition) is 1. The van der Waals surface area contributed by atoms with Gasteiger partial charge in [-0.05, 0) is 44.0 Å². The Kier molecular flexibility index (Phi) is 7.62. The van der Waals surface area contributed by atoms with Gasteiger partial charge in [0.25, 0.3) is 0 Å². The minimum atomic E-state index is -0.378. The minimum absolute atomic E-state index is 0. The van der Waals surface area contributed by atoms with Crippen LogP contribution >= 0.6 is 12.4 Å². The Morgan fingerprint density at radius 1 is 1.41 bits per heavy atom. The van der Waals surface area contributed by atoms with Gasteiger partial charge in [-0.15, -0.1) is 12.4 Å². The molecule has 1 aliphatic heterocycles. The third-order valence-electron chi connectivity index (χ3n) is 4.10. The fourth-order valence-corrected chi connectivity index (χ4v) is 2.69. The fraction of sp³-hybridized carbons (Fsp3) is 0.562. The van der Waals surface area contributed by atoms with Crippen molar-refractivity contribution < 1.29 is 13.9 Å². The van der Waals surface area contributed by atoms with Crippen molar-refractivity contribution in [2.45, 2.75) is 31.7 Å². The summed E-state index contributed by atoms with van der Waals surface area (Å²) in [5.74, 6) is 0.0114. The van der Waals surface area contributed by atoms with Crippen LogP contribution in [0, 0.1) is 5.82 Å². The van der Waals surface area contributed by atoms with Crippen LogP contribution in [0.15, 0.2) is 18.2 Å².